The maximum Gasteiger partial charge on any atom is 0.292 e. The number of rotatable bonds is 1. The first-order valence-corrected chi connectivity index (χ1v) is 0.880. The molecule has 0 aliphatic carbocycles. The summed E-state index contributed by atoms with van der Waals surface area (Å²) in [6.45, 7) is 0.375. The lowest BCUT2D eigenvalue weighted by Crippen LogP contribution is -1.68. The Hall–Kier alpha value is -0.530. The van der Waals surface area contributed by atoms with Gasteiger partial charge in [-0.2, -0.15) is 0 Å². The minimum Gasteiger partial charge on any atom is -0.471 e. The SMILES string of the molecule is CO[11CH]=O. The molecule has 0 amide bonds. The standard InChI is InChI=1S/C2H4O2/c1-4-2-3/h2H,1H3/i2-1. The molecule has 0 atom stereocenters. The van der Waals surface area contributed by atoms with Crippen LogP contribution in [0.15, 0.2) is 0 Å². The zero-order valence-corrected chi connectivity index (χ0v) is 2.39. The fourth-order valence-corrected chi connectivity index (χ4v) is 0. The van der Waals surface area contributed by atoms with E-state index in [0.717, 1.165) is 0 Å². The lowest BCUT2D eigenvalue weighted by Gasteiger charge is -1.67. The van der Waals surface area contributed by atoms with E-state index < -0.39 is 0 Å². The molecule has 0 spiro atoms. The monoisotopic (exact) mass is 59.0 g/mol. The fourth-order valence-electron chi connectivity index (χ4n) is 0. The van der Waals surface area contributed by atoms with Crippen molar-refractivity contribution < 1.29 is 9.53 Å². The topological polar surface area (TPSA) is 26.3 Å². The zero-order chi connectivity index (χ0) is 3.41. The number of ether oxygens (including phenoxy) is 1. The molecule has 0 aromatic carbocycles. The van der Waals surface area contributed by atoms with Gasteiger partial charge in [-0.3, -0.25) is 4.79 Å². The van der Waals surface area contributed by atoms with Gasteiger partial charge in [-0.15, -0.1) is 0 Å². The number of carbonyl (C=O) groups excluding carboxylic acids is 1. The van der Waals surface area contributed by atoms with Crippen molar-refractivity contribution >= 4 is 6.47 Å². The highest BCUT2D eigenvalue weighted by Gasteiger charge is 1.44. The molecular weight excluding hydrogens is 55.0 g/mol. The van der Waals surface area contributed by atoms with Gasteiger partial charge in [-0.05, 0) is 0 Å². The summed E-state index contributed by atoms with van der Waals surface area (Å²) in [5.41, 5.74) is 0. The summed E-state index contributed by atoms with van der Waals surface area (Å²) < 4.78 is 3.86. The molecule has 0 heterocycles. The predicted octanol–water partition coefficient (Wildman–Crippen LogP) is -0.211. The first kappa shape index (κ1) is 3.47. The average molecular weight is 59.1 g/mol. The van der Waals surface area contributed by atoms with Gasteiger partial charge in [0.05, 0.1) is 7.11 Å². The van der Waals surface area contributed by atoms with Crippen LogP contribution >= 0.6 is 0 Å². The molecule has 24 valence electrons. The van der Waals surface area contributed by atoms with Gasteiger partial charge in [-0.1, -0.05) is 0 Å². The molecule has 0 saturated carbocycles. The molecule has 0 aromatic heterocycles. The highest BCUT2D eigenvalue weighted by molar-refractivity contribution is 5.36. The number of methoxy groups -OCH3 is 1. The van der Waals surface area contributed by atoms with Crippen molar-refractivity contribution in [2.75, 3.05) is 7.11 Å². The first-order valence-electron chi connectivity index (χ1n) is 0.880. The third-order valence-corrected chi connectivity index (χ3v) is 0.0962. The molecule has 0 aromatic rings. The Morgan fingerprint density at radius 3 is 2.25 bits per heavy atom. The zero-order valence-electron chi connectivity index (χ0n) is 2.39. The molecule has 0 aliphatic rings. The van der Waals surface area contributed by atoms with E-state index in [-0.39, 0.29) is 0 Å². The summed E-state index contributed by atoms with van der Waals surface area (Å²) in [7, 11) is 1.31. The largest absolute Gasteiger partial charge is 0.471 e. The molecule has 0 saturated heterocycles. The molecule has 0 radical (unpaired) electrons. The van der Waals surface area contributed by atoms with E-state index in [0.29, 0.717) is 6.47 Å². The van der Waals surface area contributed by atoms with Gasteiger partial charge in [0.2, 0.25) is 0 Å². The Morgan fingerprint density at radius 1 is 2.00 bits per heavy atom. The van der Waals surface area contributed by atoms with Crippen molar-refractivity contribution in [1.29, 1.82) is 0 Å². The Morgan fingerprint density at radius 2 is 2.25 bits per heavy atom. The van der Waals surface area contributed by atoms with Crippen molar-refractivity contribution in [2.45, 2.75) is 0 Å². The molecule has 0 unspecified atom stereocenters. The summed E-state index contributed by atoms with van der Waals surface area (Å²) in [4.78, 5) is 8.95. The minimum atomic E-state index is 0.375. The van der Waals surface area contributed by atoms with Crippen LogP contribution < -0.4 is 0 Å². The smallest absolute Gasteiger partial charge is 0.292 e. The van der Waals surface area contributed by atoms with Crippen molar-refractivity contribution in [3.05, 3.63) is 0 Å². The fraction of sp³-hybridized carbons (Fsp3) is 0.500. The van der Waals surface area contributed by atoms with Crippen LogP contribution in [0, 0.1) is 0 Å². The Balaban J connectivity index is 2.30. The van der Waals surface area contributed by atoms with Crippen LogP contribution in [-0.4, -0.2) is 13.6 Å². The molecule has 4 heavy (non-hydrogen) atoms. The quantitative estimate of drug-likeness (QED) is 0.391. The first-order chi connectivity index (χ1) is 1.91. The second-order valence-corrected chi connectivity index (χ2v) is 0.332. The lowest BCUT2D eigenvalue weighted by molar-refractivity contribution is -0.126. The Kier molecular flexibility index (Phi) is 2.14. The van der Waals surface area contributed by atoms with Crippen LogP contribution in [0.25, 0.3) is 0 Å². The van der Waals surface area contributed by atoms with Crippen LogP contribution in [0.3, 0.4) is 0 Å². The van der Waals surface area contributed by atoms with E-state index in [1.165, 1.54) is 7.11 Å². The molecule has 0 bridgehead atoms. The van der Waals surface area contributed by atoms with E-state index >= 15 is 0 Å². The molecule has 2 heteroatoms. The van der Waals surface area contributed by atoms with Crippen molar-refractivity contribution in [2.24, 2.45) is 0 Å². The van der Waals surface area contributed by atoms with Crippen molar-refractivity contribution in [1.82, 2.24) is 0 Å². The van der Waals surface area contributed by atoms with Crippen LogP contribution in [0.5, 0.6) is 0 Å². The Bertz CT molecular complexity index is 18.0. The van der Waals surface area contributed by atoms with Crippen LogP contribution in [-0.2, 0) is 9.53 Å². The summed E-state index contributed by atoms with van der Waals surface area (Å²) in [5.74, 6) is 0. The Labute approximate surface area is 24.4 Å². The normalized spacial score (nSPS) is 5.25. The molecule has 0 N–H and O–H groups in total. The number of carbonyl (C=O) groups is 1. The predicted molar refractivity (Wildman–Crippen MR) is 13.1 cm³/mol. The van der Waals surface area contributed by atoms with E-state index in [4.69, 9.17) is 4.79 Å². The third-order valence-electron chi connectivity index (χ3n) is 0.0962. The molecule has 0 fully saturated rings. The second kappa shape index (κ2) is 2.47. The van der Waals surface area contributed by atoms with Crippen LogP contribution in [0.1, 0.15) is 0 Å². The number of hydrogen-bond acceptors (Lipinski definition) is 2. The molecule has 0 aliphatic heterocycles. The third kappa shape index (κ3) is 1.47. The van der Waals surface area contributed by atoms with Crippen molar-refractivity contribution in [3.8, 4) is 0 Å². The second-order valence-electron chi connectivity index (χ2n) is 0.332. The van der Waals surface area contributed by atoms with E-state index in [9.17, 15) is 0 Å². The summed E-state index contributed by atoms with van der Waals surface area (Å²) >= 11 is 0. The van der Waals surface area contributed by atoms with E-state index in [2.05, 4.69) is 4.74 Å². The van der Waals surface area contributed by atoms with Gasteiger partial charge >= 0.3 is 0 Å². The number of hydrogen-bond donors (Lipinski definition) is 0. The minimum absolute atomic E-state index is 0.375. The van der Waals surface area contributed by atoms with Crippen molar-refractivity contribution in [3.63, 3.8) is 0 Å². The maximum atomic E-state index is 8.95. The van der Waals surface area contributed by atoms with Gasteiger partial charge in [0.15, 0.2) is 0 Å². The van der Waals surface area contributed by atoms with Gasteiger partial charge in [0, 0.05) is 0 Å². The van der Waals surface area contributed by atoms with Crippen LogP contribution in [0.4, 0.5) is 0 Å². The lowest BCUT2D eigenvalue weighted by atomic mass is 10.7. The summed E-state index contributed by atoms with van der Waals surface area (Å²) in [6, 6.07) is 0. The molecule has 2 nitrogen and oxygen atoms in total. The molecular formula is C2H4O2. The molecule has 0 rings (SSSR count). The van der Waals surface area contributed by atoms with Crippen LogP contribution in [0.2, 0.25) is 0 Å². The van der Waals surface area contributed by atoms with E-state index in [1.807, 2.05) is 0 Å². The average Bonchev–Trinajstić information content (AvgIpc) is 1.37. The van der Waals surface area contributed by atoms with Gasteiger partial charge < -0.3 is 4.74 Å². The van der Waals surface area contributed by atoms with Gasteiger partial charge in [0.25, 0.3) is 6.47 Å². The van der Waals surface area contributed by atoms with E-state index in [1.54, 1.807) is 0 Å². The highest BCUT2D eigenvalue weighted by Crippen LogP contribution is 1.35. The van der Waals surface area contributed by atoms with Gasteiger partial charge in [0.1, 0.15) is 0 Å². The maximum absolute atomic E-state index is 8.95. The summed E-state index contributed by atoms with van der Waals surface area (Å²) in [5, 5.41) is 0. The van der Waals surface area contributed by atoms with Gasteiger partial charge in [-0.25, -0.2) is 0 Å². The highest BCUT2D eigenvalue weighted by atomic mass is 16.5. The summed E-state index contributed by atoms with van der Waals surface area (Å²) in [6.07, 6.45) is 0.